The number of alkyl halides is 3. The number of nitrogens with two attached hydrogens (primary N) is 1. The second-order valence-electron chi connectivity index (χ2n) is 4.89. The largest absolute Gasteiger partial charge is 0.418 e. The van der Waals surface area contributed by atoms with Gasteiger partial charge in [-0.2, -0.15) is 13.2 Å². The van der Waals surface area contributed by atoms with E-state index in [1.807, 2.05) is 13.8 Å². The van der Waals surface area contributed by atoms with Gasteiger partial charge in [0.05, 0.1) is 22.3 Å². The number of rotatable bonds is 4. The van der Waals surface area contributed by atoms with Crippen LogP contribution in [0.1, 0.15) is 25.8 Å². The fraction of sp³-hybridized carbons (Fsp3) is 0.462. The number of carbonyl (C=O) groups is 1. The summed E-state index contributed by atoms with van der Waals surface area (Å²) in [5, 5.41) is 2.00. The first-order valence-corrected chi connectivity index (χ1v) is 6.43. The minimum atomic E-state index is -4.60. The molecular formula is C13H16ClF3N2O. The van der Waals surface area contributed by atoms with Crippen molar-refractivity contribution in [3.05, 3.63) is 28.8 Å². The molecule has 1 rings (SSSR count). The SMILES string of the molecule is CC(C)C[C@H](N)C(=O)Nc1c(Cl)cccc1C(F)(F)F. The van der Waals surface area contributed by atoms with E-state index in [2.05, 4.69) is 5.32 Å². The van der Waals surface area contributed by atoms with Crippen molar-refractivity contribution < 1.29 is 18.0 Å². The molecule has 20 heavy (non-hydrogen) atoms. The van der Waals surface area contributed by atoms with Crippen LogP contribution in [0.2, 0.25) is 5.02 Å². The number of benzene rings is 1. The van der Waals surface area contributed by atoms with Gasteiger partial charge in [0, 0.05) is 0 Å². The van der Waals surface area contributed by atoms with Crippen LogP contribution in [0.15, 0.2) is 18.2 Å². The van der Waals surface area contributed by atoms with Crippen molar-refractivity contribution in [1.82, 2.24) is 0 Å². The third-order valence-corrected chi connectivity index (χ3v) is 2.94. The van der Waals surface area contributed by atoms with Gasteiger partial charge in [-0.25, -0.2) is 0 Å². The summed E-state index contributed by atoms with van der Waals surface area (Å²) < 4.78 is 38.5. The number of carbonyl (C=O) groups excluding carboxylic acids is 1. The highest BCUT2D eigenvalue weighted by molar-refractivity contribution is 6.34. The molecule has 0 saturated carbocycles. The van der Waals surface area contributed by atoms with Crippen LogP contribution in [0.4, 0.5) is 18.9 Å². The lowest BCUT2D eigenvalue weighted by Crippen LogP contribution is -2.37. The van der Waals surface area contributed by atoms with E-state index < -0.39 is 29.4 Å². The number of hydrogen-bond acceptors (Lipinski definition) is 2. The summed E-state index contributed by atoms with van der Waals surface area (Å²) in [7, 11) is 0. The van der Waals surface area contributed by atoms with Crippen LogP contribution in [-0.4, -0.2) is 11.9 Å². The highest BCUT2D eigenvalue weighted by atomic mass is 35.5. The van der Waals surface area contributed by atoms with Crippen molar-refractivity contribution in [3.8, 4) is 0 Å². The summed E-state index contributed by atoms with van der Waals surface area (Å²) in [4.78, 5) is 11.8. The lowest BCUT2D eigenvalue weighted by Gasteiger charge is -2.18. The zero-order valence-electron chi connectivity index (χ0n) is 11.1. The Morgan fingerprint density at radius 3 is 2.50 bits per heavy atom. The number of anilines is 1. The molecule has 0 aliphatic carbocycles. The number of nitrogens with one attached hydrogen (secondary N) is 1. The summed E-state index contributed by atoms with van der Waals surface area (Å²) in [5.41, 5.74) is 4.20. The first-order chi connectivity index (χ1) is 9.12. The van der Waals surface area contributed by atoms with Crippen molar-refractivity contribution >= 4 is 23.2 Å². The summed E-state index contributed by atoms with van der Waals surface area (Å²) in [6.45, 7) is 3.73. The van der Waals surface area contributed by atoms with E-state index in [0.717, 1.165) is 6.07 Å². The topological polar surface area (TPSA) is 55.1 Å². The van der Waals surface area contributed by atoms with Crippen molar-refractivity contribution in [3.63, 3.8) is 0 Å². The lowest BCUT2D eigenvalue weighted by atomic mass is 10.0. The fourth-order valence-corrected chi connectivity index (χ4v) is 1.94. The Kier molecular flexibility index (Phi) is 5.42. The third-order valence-electron chi connectivity index (χ3n) is 2.63. The van der Waals surface area contributed by atoms with E-state index in [1.54, 1.807) is 0 Å². The normalized spacial score (nSPS) is 13.4. The summed E-state index contributed by atoms with van der Waals surface area (Å²) in [6.07, 6.45) is -4.23. The van der Waals surface area contributed by atoms with Crippen molar-refractivity contribution in [1.29, 1.82) is 0 Å². The minimum absolute atomic E-state index is 0.157. The van der Waals surface area contributed by atoms with E-state index in [1.165, 1.54) is 12.1 Å². The summed E-state index contributed by atoms with van der Waals surface area (Å²) in [5.74, 6) is -0.526. The molecule has 1 aromatic rings. The van der Waals surface area contributed by atoms with Gasteiger partial charge in [-0.1, -0.05) is 31.5 Å². The second kappa shape index (κ2) is 6.45. The maximum absolute atomic E-state index is 12.8. The van der Waals surface area contributed by atoms with Gasteiger partial charge in [-0.05, 0) is 24.5 Å². The Hall–Kier alpha value is -1.27. The summed E-state index contributed by atoms with van der Waals surface area (Å²) >= 11 is 5.73. The third kappa shape index (κ3) is 4.38. The van der Waals surface area contributed by atoms with Crippen LogP contribution in [0.5, 0.6) is 0 Å². The molecule has 0 aliphatic rings. The molecule has 3 nitrogen and oxygen atoms in total. The maximum atomic E-state index is 12.8. The quantitative estimate of drug-likeness (QED) is 0.891. The Labute approximate surface area is 120 Å². The average molecular weight is 309 g/mol. The lowest BCUT2D eigenvalue weighted by molar-refractivity contribution is -0.137. The van der Waals surface area contributed by atoms with Gasteiger partial charge >= 0.3 is 6.18 Å². The molecule has 0 aliphatic heterocycles. The van der Waals surface area contributed by atoms with Crippen LogP contribution in [-0.2, 0) is 11.0 Å². The zero-order valence-corrected chi connectivity index (χ0v) is 11.8. The van der Waals surface area contributed by atoms with Gasteiger partial charge in [-0.3, -0.25) is 4.79 Å². The van der Waals surface area contributed by atoms with Crippen LogP contribution < -0.4 is 11.1 Å². The van der Waals surface area contributed by atoms with Crippen LogP contribution in [0, 0.1) is 5.92 Å². The molecule has 1 amide bonds. The highest BCUT2D eigenvalue weighted by Crippen LogP contribution is 2.38. The molecule has 7 heteroatoms. The standard InChI is InChI=1S/C13H16ClF3N2O/c1-7(2)6-10(18)12(20)19-11-8(13(15,16)17)4-3-5-9(11)14/h3-5,7,10H,6,18H2,1-2H3,(H,19,20)/t10-/m0/s1. The number of hydrogen-bond donors (Lipinski definition) is 2. The number of halogens is 4. The molecule has 0 saturated heterocycles. The van der Waals surface area contributed by atoms with Crippen LogP contribution >= 0.6 is 11.6 Å². The first kappa shape index (κ1) is 16.8. The van der Waals surface area contributed by atoms with Gasteiger partial charge in [0.25, 0.3) is 0 Å². The minimum Gasteiger partial charge on any atom is -0.323 e. The molecule has 0 spiro atoms. The van der Waals surface area contributed by atoms with Crippen molar-refractivity contribution in [2.75, 3.05) is 5.32 Å². The monoisotopic (exact) mass is 308 g/mol. The van der Waals surface area contributed by atoms with Crippen molar-refractivity contribution in [2.24, 2.45) is 11.7 Å². The molecule has 112 valence electrons. The van der Waals surface area contributed by atoms with E-state index in [9.17, 15) is 18.0 Å². The van der Waals surface area contributed by atoms with Gasteiger partial charge in [-0.15, -0.1) is 0 Å². The predicted octanol–water partition coefficient (Wildman–Crippen LogP) is 3.67. The highest BCUT2D eigenvalue weighted by Gasteiger charge is 2.35. The molecule has 3 N–H and O–H groups in total. The zero-order chi connectivity index (χ0) is 15.5. The molecular weight excluding hydrogens is 293 g/mol. The van der Waals surface area contributed by atoms with E-state index in [-0.39, 0.29) is 10.9 Å². The Morgan fingerprint density at radius 1 is 1.40 bits per heavy atom. The maximum Gasteiger partial charge on any atom is 0.418 e. The number of para-hydroxylation sites is 1. The summed E-state index contributed by atoms with van der Waals surface area (Å²) in [6, 6.07) is 2.43. The molecule has 1 atom stereocenters. The number of amides is 1. The van der Waals surface area contributed by atoms with Gasteiger partial charge < -0.3 is 11.1 Å². The molecule has 0 aromatic heterocycles. The van der Waals surface area contributed by atoms with Gasteiger partial charge in [0.15, 0.2) is 0 Å². The molecule has 0 fully saturated rings. The molecule has 1 aromatic carbocycles. The van der Waals surface area contributed by atoms with Crippen LogP contribution in [0.3, 0.4) is 0 Å². The molecule has 0 unspecified atom stereocenters. The van der Waals surface area contributed by atoms with E-state index >= 15 is 0 Å². The average Bonchev–Trinajstić information content (AvgIpc) is 2.29. The Bertz CT molecular complexity index is 489. The fourth-order valence-electron chi connectivity index (χ4n) is 1.72. The first-order valence-electron chi connectivity index (χ1n) is 6.05. The Morgan fingerprint density at radius 2 is 2.00 bits per heavy atom. The van der Waals surface area contributed by atoms with Crippen molar-refractivity contribution in [2.45, 2.75) is 32.5 Å². The molecule has 0 radical (unpaired) electrons. The van der Waals surface area contributed by atoms with Crippen LogP contribution in [0.25, 0.3) is 0 Å². The Balaban J connectivity index is 3.00. The predicted molar refractivity (Wildman–Crippen MR) is 72.5 cm³/mol. The van der Waals surface area contributed by atoms with E-state index in [4.69, 9.17) is 17.3 Å². The smallest absolute Gasteiger partial charge is 0.323 e. The van der Waals surface area contributed by atoms with Gasteiger partial charge in [0.1, 0.15) is 0 Å². The molecule has 0 heterocycles. The molecule has 0 bridgehead atoms. The van der Waals surface area contributed by atoms with E-state index in [0.29, 0.717) is 6.42 Å². The van der Waals surface area contributed by atoms with Gasteiger partial charge in [0.2, 0.25) is 5.91 Å². The second-order valence-corrected chi connectivity index (χ2v) is 5.29.